The van der Waals surface area contributed by atoms with Gasteiger partial charge in [-0.3, -0.25) is 0 Å². The Morgan fingerprint density at radius 3 is 2.52 bits per heavy atom. The molecule has 2 rings (SSSR count). The monoisotopic (exact) mass is 343 g/mol. The molecule has 0 saturated carbocycles. The van der Waals surface area contributed by atoms with Gasteiger partial charge in [-0.05, 0) is 35.4 Å². The van der Waals surface area contributed by atoms with E-state index in [9.17, 15) is 14.7 Å². The number of rotatable bonds is 6. The second-order valence-electron chi connectivity index (χ2n) is 5.52. The van der Waals surface area contributed by atoms with Crippen molar-refractivity contribution in [3.05, 3.63) is 59.7 Å². The first-order valence-corrected chi connectivity index (χ1v) is 7.72. The molecule has 0 radical (unpaired) electrons. The zero-order valence-electron chi connectivity index (χ0n) is 13.9. The lowest BCUT2D eigenvalue weighted by atomic mass is 10.1. The van der Waals surface area contributed by atoms with E-state index < -0.39 is 18.0 Å². The van der Waals surface area contributed by atoms with Crippen LogP contribution in [0.1, 0.15) is 11.1 Å². The van der Waals surface area contributed by atoms with E-state index in [1.165, 1.54) is 19.2 Å². The van der Waals surface area contributed by atoms with Crippen molar-refractivity contribution >= 4 is 17.7 Å². The Morgan fingerprint density at radius 1 is 1.16 bits per heavy atom. The summed E-state index contributed by atoms with van der Waals surface area (Å²) in [5, 5.41) is 14.8. The molecule has 0 saturated heterocycles. The fourth-order valence-corrected chi connectivity index (χ4v) is 2.28. The molecule has 7 nitrogen and oxygen atoms in total. The van der Waals surface area contributed by atoms with Gasteiger partial charge in [0.1, 0.15) is 11.8 Å². The molecule has 2 amide bonds. The summed E-state index contributed by atoms with van der Waals surface area (Å²) >= 11 is 0. The van der Waals surface area contributed by atoms with E-state index in [1.807, 2.05) is 0 Å². The van der Waals surface area contributed by atoms with E-state index in [0.717, 1.165) is 5.56 Å². The van der Waals surface area contributed by atoms with Crippen molar-refractivity contribution < 1.29 is 19.4 Å². The number of ether oxygens (including phenoxy) is 1. The Bertz CT molecular complexity index is 731. The number of phenols is 1. The van der Waals surface area contributed by atoms with Gasteiger partial charge in [-0.1, -0.05) is 24.3 Å². The summed E-state index contributed by atoms with van der Waals surface area (Å²) in [6, 6.07) is 12.2. The van der Waals surface area contributed by atoms with Gasteiger partial charge >= 0.3 is 12.0 Å². The molecule has 0 aliphatic carbocycles. The average Bonchev–Trinajstić information content (AvgIpc) is 2.60. The number of amides is 2. The minimum atomic E-state index is -0.863. The fourth-order valence-electron chi connectivity index (χ4n) is 2.28. The number of benzene rings is 2. The molecule has 7 heteroatoms. The molecule has 2 aromatic carbocycles. The van der Waals surface area contributed by atoms with Gasteiger partial charge in [-0.15, -0.1) is 0 Å². The number of hydrogen-bond acceptors (Lipinski definition) is 5. The number of anilines is 1. The van der Waals surface area contributed by atoms with Crippen molar-refractivity contribution in [2.75, 3.05) is 12.8 Å². The van der Waals surface area contributed by atoms with E-state index in [4.69, 9.17) is 10.5 Å². The predicted molar refractivity (Wildman–Crippen MR) is 93.8 cm³/mol. The standard InChI is InChI=1S/C18H21N3O4/c1-25-17(23)16(10-13-3-2-4-15(22)9-13)21-18(24)20-11-12-5-7-14(19)8-6-12/h2-9,16,22H,10-11,19H2,1H3,(H2,20,21,24). The molecule has 132 valence electrons. The van der Waals surface area contributed by atoms with Gasteiger partial charge in [0.05, 0.1) is 7.11 Å². The first-order valence-electron chi connectivity index (χ1n) is 7.72. The molecule has 0 aliphatic rings. The van der Waals surface area contributed by atoms with Crippen LogP contribution >= 0.6 is 0 Å². The maximum atomic E-state index is 12.1. The fraction of sp³-hybridized carbons (Fsp3) is 0.222. The molecule has 1 atom stereocenters. The number of carbonyl (C=O) groups excluding carboxylic acids is 2. The molecular weight excluding hydrogens is 322 g/mol. The van der Waals surface area contributed by atoms with Crippen LogP contribution in [0.3, 0.4) is 0 Å². The van der Waals surface area contributed by atoms with Gasteiger partial charge in [0.15, 0.2) is 0 Å². The number of nitrogens with two attached hydrogens (primary N) is 1. The quantitative estimate of drug-likeness (QED) is 0.469. The van der Waals surface area contributed by atoms with Crippen molar-refractivity contribution in [1.29, 1.82) is 0 Å². The minimum Gasteiger partial charge on any atom is -0.508 e. The highest BCUT2D eigenvalue weighted by molar-refractivity contribution is 5.83. The second kappa shape index (κ2) is 8.58. The van der Waals surface area contributed by atoms with Crippen LogP contribution in [0.15, 0.2) is 48.5 Å². The molecule has 0 spiro atoms. The minimum absolute atomic E-state index is 0.0916. The summed E-state index contributed by atoms with van der Waals surface area (Å²) in [5.41, 5.74) is 7.84. The average molecular weight is 343 g/mol. The lowest BCUT2D eigenvalue weighted by Gasteiger charge is -2.17. The van der Waals surface area contributed by atoms with Crippen LogP contribution < -0.4 is 16.4 Å². The number of esters is 1. The first kappa shape index (κ1) is 18.1. The van der Waals surface area contributed by atoms with Crippen LogP contribution in [0.4, 0.5) is 10.5 Å². The zero-order chi connectivity index (χ0) is 18.2. The zero-order valence-corrected chi connectivity index (χ0v) is 13.9. The largest absolute Gasteiger partial charge is 0.508 e. The van der Waals surface area contributed by atoms with E-state index in [0.29, 0.717) is 17.8 Å². The summed E-state index contributed by atoms with van der Waals surface area (Å²) < 4.78 is 4.73. The van der Waals surface area contributed by atoms with Crippen molar-refractivity contribution in [1.82, 2.24) is 10.6 Å². The topological polar surface area (TPSA) is 114 Å². The highest BCUT2D eigenvalue weighted by Gasteiger charge is 2.22. The third-order valence-electron chi connectivity index (χ3n) is 3.57. The van der Waals surface area contributed by atoms with Crippen LogP contribution in [0.2, 0.25) is 0 Å². The molecule has 5 N–H and O–H groups in total. The van der Waals surface area contributed by atoms with Crippen molar-refractivity contribution in [2.45, 2.75) is 19.0 Å². The summed E-state index contributed by atoms with van der Waals surface area (Å²) in [4.78, 5) is 24.0. The van der Waals surface area contributed by atoms with Gasteiger partial charge < -0.3 is 26.2 Å². The van der Waals surface area contributed by atoms with Crippen LogP contribution in [-0.4, -0.2) is 30.3 Å². The molecule has 0 bridgehead atoms. The maximum Gasteiger partial charge on any atom is 0.328 e. The van der Waals surface area contributed by atoms with Gasteiger partial charge in [0, 0.05) is 18.7 Å². The Kier molecular flexibility index (Phi) is 6.22. The number of nitrogen functional groups attached to an aromatic ring is 1. The number of methoxy groups -OCH3 is 1. The number of aromatic hydroxyl groups is 1. The highest BCUT2D eigenvalue weighted by Crippen LogP contribution is 2.13. The summed E-state index contributed by atoms with van der Waals surface area (Å²) in [7, 11) is 1.26. The molecule has 0 aliphatic heterocycles. The van der Waals surface area contributed by atoms with Crippen LogP contribution in [0.5, 0.6) is 5.75 Å². The Labute approximate surface area is 145 Å². The second-order valence-corrected chi connectivity index (χ2v) is 5.52. The normalized spacial score (nSPS) is 11.4. The van der Waals surface area contributed by atoms with Crippen LogP contribution in [-0.2, 0) is 22.5 Å². The highest BCUT2D eigenvalue weighted by atomic mass is 16.5. The van der Waals surface area contributed by atoms with Crippen molar-refractivity contribution in [3.8, 4) is 5.75 Å². The number of nitrogens with one attached hydrogen (secondary N) is 2. The van der Waals surface area contributed by atoms with E-state index >= 15 is 0 Å². The van der Waals surface area contributed by atoms with Gasteiger partial charge in [-0.2, -0.15) is 0 Å². The number of urea groups is 1. The Hall–Kier alpha value is -3.22. The van der Waals surface area contributed by atoms with E-state index in [-0.39, 0.29) is 12.2 Å². The summed E-state index contributed by atoms with van der Waals surface area (Å²) in [5.74, 6) is -0.472. The third-order valence-corrected chi connectivity index (χ3v) is 3.57. The lowest BCUT2D eigenvalue weighted by Crippen LogP contribution is -2.47. The maximum absolute atomic E-state index is 12.1. The first-order chi connectivity index (χ1) is 12.0. The summed E-state index contributed by atoms with van der Waals surface area (Å²) in [6.07, 6.45) is 0.205. The lowest BCUT2D eigenvalue weighted by molar-refractivity contribution is -0.142. The third kappa shape index (κ3) is 5.72. The van der Waals surface area contributed by atoms with Gasteiger partial charge in [-0.25, -0.2) is 9.59 Å². The smallest absolute Gasteiger partial charge is 0.328 e. The molecule has 25 heavy (non-hydrogen) atoms. The van der Waals surface area contributed by atoms with E-state index in [2.05, 4.69) is 10.6 Å². The summed E-state index contributed by atoms with van der Waals surface area (Å²) in [6.45, 7) is 0.298. The predicted octanol–water partition coefficient (Wildman–Crippen LogP) is 1.56. The molecule has 2 aromatic rings. The van der Waals surface area contributed by atoms with Crippen molar-refractivity contribution in [2.24, 2.45) is 0 Å². The van der Waals surface area contributed by atoms with Crippen LogP contribution in [0.25, 0.3) is 0 Å². The Morgan fingerprint density at radius 2 is 1.88 bits per heavy atom. The number of carbonyl (C=O) groups is 2. The molecule has 0 aromatic heterocycles. The van der Waals surface area contributed by atoms with Crippen LogP contribution in [0, 0.1) is 0 Å². The molecule has 0 fully saturated rings. The van der Waals surface area contributed by atoms with E-state index in [1.54, 1.807) is 36.4 Å². The van der Waals surface area contributed by atoms with Crippen molar-refractivity contribution in [3.63, 3.8) is 0 Å². The SMILES string of the molecule is COC(=O)C(Cc1cccc(O)c1)NC(=O)NCc1ccc(N)cc1. The molecule has 0 heterocycles. The number of hydrogen-bond donors (Lipinski definition) is 4. The van der Waals surface area contributed by atoms with Gasteiger partial charge in [0.25, 0.3) is 0 Å². The van der Waals surface area contributed by atoms with Gasteiger partial charge in [0.2, 0.25) is 0 Å². The molecular formula is C18H21N3O4. The Balaban J connectivity index is 1.95. The number of phenolic OH excluding ortho intramolecular Hbond substituents is 1. The molecule has 1 unspecified atom stereocenters.